The van der Waals surface area contributed by atoms with Crippen molar-refractivity contribution in [2.75, 3.05) is 23.4 Å². The average Bonchev–Trinajstić information content (AvgIpc) is 3.24. The van der Waals surface area contributed by atoms with Crippen molar-refractivity contribution in [2.45, 2.75) is 19.4 Å². The quantitative estimate of drug-likeness (QED) is 0.672. The van der Waals surface area contributed by atoms with E-state index in [9.17, 15) is 18.0 Å². The molecule has 0 aliphatic carbocycles. The number of ether oxygens (including phenoxy) is 1. The van der Waals surface area contributed by atoms with Crippen molar-refractivity contribution < 1.29 is 22.7 Å². The number of amides is 1. The summed E-state index contributed by atoms with van der Waals surface area (Å²) in [6.07, 6.45) is 2.02. The smallest absolute Gasteiger partial charge is 0.355 e. The van der Waals surface area contributed by atoms with Crippen molar-refractivity contribution >= 4 is 43.5 Å². The zero-order chi connectivity index (χ0) is 18.9. The Morgan fingerprint density at radius 3 is 2.85 bits per heavy atom. The summed E-state index contributed by atoms with van der Waals surface area (Å²) in [5.74, 6) is -0.710. The zero-order valence-electron chi connectivity index (χ0n) is 13.9. The maximum Gasteiger partial charge on any atom is 0.355 e. The molecule has 1 saturated heterocycles. The molecule has 9 nitrogen and oxygen atoms in total. The van der Waals surface area contributed by atoms with Crippen LogP contribution in [0.3, 0.4) is 0 Å². The number of nitrogens with one attached hydrogen (secondary N) is 2. The Balaban J connectivity index is 1.62. The van der Waals surface area contributed by atoms with Gasteiger partial charge in [-0.15, -0.1) is 0 Å². The minimum Gasteiger partial charge on any atom is -0.451 e. The van der Waals surface area contributed by atoms with Crippen LogP contribution in [0.25, 0.3) is 0 Å². The number of H-pyrrole nitrogens is 1. The topological polar surface area (TPSA) is 123 Å². The number of hydrogen-bond donors (Lipinski definition) is 2. The van der Waals surface area contributed by atoms with E-state index in [1.54, 1.807) is 25.3 Å². The number of aryl methyl sites for hydroxylation is 1. The molecule has 3 heterocycles. The van der Waals surface area contributed by atoms with Crippen molar-refractivity contribution in [3.8, 4) is 0 Å². The highest BCUT2D eigenvalue weighted by Crippen LogP contribution is 2.27. The molecule has 1 fully saturated rings. The third-order valence-electron chi connectivity index (χ3n) is 3.88. The highest BCUT2D eigenvalue weighted by atomic mass is 79.9. The van der Waals surface area contributed by atoms with Crippen LogP contribution < -0.4 is 5.32 Å². The van der Waals surface area contributed by atoms with Gasteiger partial charge in [0.25, 0.3) is 5.91 Å². The molecule has 11 heteroatoms. The summed E-state index contributed by atoms with van der Waals surface area (Å²) in [4.78, 5) is 26.6. The van der Waals surface area contributed by atoms with E-state index in [0.717, 1.165) is 0 Å². The molecular formula is C15H17BrN4O5S. The number of esters is 1. The molecule has 2 aromatic heterocycles. The number of halogens is 1. The van der Waals surface area contributed by atoms with Gasteiger partial charge in [0, 0.05) is 16.7 Å². The normalized spacial score (nSPS) is 18.6. The van der Waals surface area contributed by atoms with E-state index in [1.807, 2.05) is 0 Å². The average molecular weight is 445 g/mol. The lowest BCUT2D eigenvalue weighted by Gasteiger charge is -2.13. The van der Waals surface area contributed by atoms with Gasteiger partial charge in [-0.25, -0.2) is 17.9 Å². The van der Waals surface area contributed by atoms with E-state index < -0.39 is 28.3 Å². The zero-order valence-corrected chi connectivity index (χ0v) is 16.3. The second-order valence-corrected chi connectivity index (χ2v) is 9.17. The Bertz CT molecular complexity index is 949. The molecule has 0 saturated carbocycles. The van der Waals surface area contributed by atoms with E-state index in [4.69, 9.17) is 4.74 Å². The first-order valence-electron chi connectivity index (χ1n) is 7.81. The molecule has 0 aromatic carbocycles. The predicted molar refractivity (Wildman–Crippen MR) is 96.7 cm³/mol. The fraction of sp³-hybridized carbons (Fsp3) is 0.400. The van der Waals surface area contributed by atoms with Crippen molar-refractivity contribution in [1.82, 2.24) is 14.8 Å². The van der Waals surface area contributed by atoms with Crippen LogP contribution in [0.2, 0.25) is 0 Å². The number of carbonyl (C=O) groups excluding carboxylic acids is 2. The summed E-state index contributed by atoms with van der Waals surface area (Å²) in [7, 11) is -3.08. The molecule has 1 atom stereocenters. The van der Waals surface area contributed by atoms with Crippen LogP contribution in [0, 0.1) is 6.92 Å². The highest BCUT2D eigenvalue weighted by molar-refractivity contribution is 9.10. The van der Waals surface area contributed by atoms with Crippen molar-refractivity contribution in [1.29, 1.82) is 0 Å². The van der Waals surface area contributed by atoms with Crippen LogP contribution >= 0.6 is 15.9 Å². The Morgan fingerprint density at radius 2 is 2.23 bits per heavy atom. The lowest BCUT2D eigenvalue weighted by Crippen LogP contribution is -2.24. The fourth-order valence-electron chi connectivity index (χ4n) is 2.73. The molecule has 2 aromatic rings. The van der Waals surface area contributed by atoms with Gasteiger partial charge in [0.05, 0.1) is 23.2 Å². The minimum atomic E-state index is -3.08. The number of aromatic nitrogens is 3. The van der Waals surface area contributed by atoms with E-state index in [0.29, 0.717) is 22.4 Å². The maximum atomic E-state index is 12.1. The van der Waals surface area contributed by atoms with Gasteiger partial charge in [0.1, 0.15) is 11.5 Å². The van der Waals surface area contributed by atoms with E-state index >= 15 is 0 Å². The third-order valence-corrected chi connectivity index (χ3v) is 6.09. The molecule has 3 rings (SSSR count). The van der Waals surface area contributed by atoms with Crippen LogP contribution in [-0.4, -0.2) is 53.2 Å². The number of anilines is 1. The molecular weight excluding hydrogens is 428 g/mol. The number of hydrogen-bond acceptors (Lipinski definition) is 6. The predicted octanol–water partition coefficient (Wildman–Crippen LogP) is 1.44. The summed E-state index contributed by atoms with van der Waals surface area (Å²) < 4.78 is 30.5. The second kappa shape index (κ2) is 7.23. The Hall–Kier alpha value is -2.14. The number of aromatic amines is 1. The van der Waals surface area contributed by atoms with Gasteiger partial charge in [-0.05, 0) is 35.3 Å². The van der Waals surface area contributed by atoms with Gasteiger partial charge in [-0.2, -0.15) is 5.10 Å². The molecule has 0 spiro atoms. The van der Waals surface area contributed by atoms with Crippen molar-refractivity contribution in [2.24, 2.45) is 0 Å². The molecule has 0 bridgehead atoms. The number of rotatable bonds is 5. The Labute approximate surface area is 158 Å². The first kappa shape index (κ1) is 18.6. The summed E-state index contributed by atoms with van der Waals surface area (Å²) in [6.45, 7) is 1.28. The summed E-state index contributed by atoms with van der Waals surface area (Å²) in [5.41, 5.74) is 0.875. The van der Waals surface area contributed by atoms with E-state index in [1.165, 1.54) is 4.68 Å². The van der Waals surface area contributed by atoms with Gasteiger partial charge in [-0.3, -0.25) is 4.79 Å². The van der Waals surface area contributed by atoms with Gasteiger partial charge in [-0.1, -0.05) is 0 Å². The van der Waals surface area contributed by atoms with E-state index in [2.05, 4.69) is 31.3 Å². The van der Waals surface area contributed by atoms with Gasteiger partial charge in [0.15, 0.2) is 16.4 Å². The molecule has 1 unspecified atom stereocenters. The van der Waals surface area contributed by atoms with Crippen molar-refractivity contribution in [3.05, 3.63) is 34.2 Å². The SMILES string of the molecule is Cc1cc(NC(=O)COC(=O)c2cc(Br)c[nH]2)n(C2CCS(=O)(=O)C2)n1. The molecule has 2 N–H and O–H groups in total. The first-order valence-corrected chi connectivity index (χ1v) is 10.4. The number of nitrogens with zero attached hydrogens (tertiary/aromatic N) is 2. The van der Waals surface area contributed by atoms with Crippen LogP contribution in [-0.2, 0) is 19.4 Å². The lowest BCUT2D eigenvalue weighted by molar-refractivity contribution is -0.119. The van der Waals surface area contributed by atoms with Crippen LogP contribution in [0.15, 0.2) is 22.8 Å². The molecule has 0 radical (unpaired) electrons. The van der Waals surface area contributed by atoms with E-state index in [-0.39, 0.29) is 23.2 Å². The maximum absolute atomic E-state index is 12.1. The monoisotopic (exact) mass is 444 g/mol. The minimum absolute atomic E-state index is 0.00627. The van der Waals surface area contributed by atoms with Gasteiger partial charge in [0.2, 0.25) is 0 Å². The summed E-state index contributed by atoms with van der Waals surface area (Å²) in [6, 6.07) is 2.87. The van der Waals surface area contributed by atoms with Gasteiger partial charge >= 0.3 is 5.97 Å². The first-order chi connectivity index (χ1) is 12.2. The van der Waals surface area contributed by atoms with Crippen LogP contribution in [0.5, 0.6) is 0 Å². The highest BCUT2D eigenvalue weighted by Gasteiger charge is 2.31. The molecule has 1 aliphatic rings. The standard InChI is InChI=1S/C15H17BrN4O5S/c1-9-4-13(20(19-9)11-2-3-26(23,24)8-11)18-14(21)7-25-15(22)12-5-10(16)6-17-12/h4-6,11,17H,2-3,7-8H2,1H3,(H,18,21). The molecule has 140 valence electrons. The third kappa shape index (κ3) is 4.33. The summed E-state index contributed by atoms with van der Waals surface area (Å²) >= 11 is 3.20. The second-order valence-electron chi connectivity index (χ2n) is 6.03. The molecule has 26 heavy (non-hydrogen) atoms. The molecule has 1 aliphatic heterocycles. The number of sulfone groups is 1. The number of carbonyl (C=O) groups is 2. The van der Waals surface area contributed by atoms with Crippen molar-refractivity contribution in [3.63, 3.8) is 0 Å². The van der Waals surface area contributed by atoms with Crippen LogP contribution in [0.4, 0.5) is 5.82 Å². The van der Waals surface area contributed by atoms with Gasteiger partial charge < -0.3 is 15.0 Å². The Kier molecular flexibility index (Phi) is 5.19. The van der Waals surface area contributed by atoms with Crippen LogP contribution in [0.1, 0.15) is 28.6 Å². The lowest BCUT2D eigenvalue weighted by atomic mass is 10.3. The molecule has 1 amide bonds. The Morgan fingerprint density at radius 1 is 1.46 bits per heavy atom. The fourth-order valence-corrected chi connectivity index (χ4v) is 4.77. The summed E-state index contributed by atoms with van der Waals surface area (Å²) in [5, 5.41) is 6.89. The largest absolute Gasteiger partial charge is 0.451 e.